The third-order valence-electron chi connectivity index (χ3n) is 3.44. The lowest BCUT2D eigenvalue weighted by Gasteiger charge is -2.33. The lowest BCUT2D eigenvalue weighted by molar-refractivity contribution is -0.367. The maximum Gasteiger partial charge on any atom is 0.419 e. The Hall–Kier alpha value is -1.57. The maximum absolute atomic E-state index is 12.5. The van der Waals surface area contributed by atoms with E-state index < -0.39 is 11.7 Å². The molecule has 0 bridgehead atoms. The van der Waals surface area contributed by atoms with Gasteiger partial charge in [0.05, 0.1) is 18.7 Å². The number of aromatic nitrogens is 1. The molecular formula is C14H20F3N4S+. The normalized spacial score (nSPS) is 16.1. The van der Waals surface area contributed by atoms with E-state index in [1.807, 2.05) is 18.7 Å². The fourth-order valence-electron chi connectivity index (χ4n) is 2.28. The number of aromatic amines is 1. The van der Waals surface area contributed by atoms with Gasteiger partial charge in [-0.05, 0) is 32.1 Å². The van der Waals surface area contributed by atoms with E-state index in [4.69, 9.17) is 12.2 Å². The van der Waals surface area contributed by atoms with Crippen LogP contribution in [0, 0.1) is 0 Å². The number of nitrogens with zero attached hydrogens (tertiary/aromatic N) is 2. The molecule has 8 heteroatoms. The first-order chi connectivity index (χ1) is 10.3. The first-order valence-electron chi connectivity index (χ1n) is 7.16. The van der Waals surface area contributed by atoms with Crippen LogP contribution in [0.3, 0.4) is 0 Å². The highest BCUT2D eigenvalue weighted by Crippen LogP contribution is 2.28. The van der Waals surface area contributed by atoms with Crippen molar-refractivity contribution in [2.75, 3.05) is 31.1 Å². The summed E-state index contributed by atoms with van der Waals surface area (Å²) < 4.78 is 37.6. The smallest absolute Gasteiger partial charge is 0.360 e. The fourth-order valence-corrected chi connectivity index (χ4v) is 2.70. The molecule has 1 aromatic rings. The molecule has 0 saturated carbocycles. The molecule has 1 aromatic heterocycles. The zero-order chi connectivity index (χ0) is 16.3. The Kier molecular flexibility index (Phi) is 5.10. The third kappa shape index (κ3) is 4.22. The molecule has 0 amide bonds. The summed E-state index contributed by atoms with van der Waals surface area (Å²) in [5, 5.41) is 3.92. The minimum absolute atomic E-state index is 0.286. The van der Waals surface area contributed by atoms with Crippen LogP contribution in [0.1, 0.15) is 19.4 Å². The van der Waals surface area contributed by atoms with E-state index in [0.29, 0.717) is 18.9 Å². The molecule has 1 fully saturated rings. The Morgan fingerprint density at radius 1 is 1.23 bits per heavy atom. The highest BCUT2D eigenvalue weighted by molar-refractivity contribution is 7.80. The van der Waals surface area contributed by atoms with Gasteiger partial charge in [0.15, 0.2) is 5.11 Å². The number of pyridine rings is 1. The summed E-state index contributed by atoms with van der Waals surface area (Å²) in [6, 6.07) is 2.86. The molecule has 0 atom stereocenters. The second kappa shape index (κ2) is 6.68. The van der Waals surface area contributed by atoms with Crippen molar-refractivity contribution in [3.8, 4) is 0 Å². The maximum atomic E-state index is 12.5. The highest BCUT2D eigenvalue weighted by atomic mass is 32.1. The summed E-state index contributed by atoms with van der Waals surface area (Å²) in [6.07, 6.45) is -3.31. The number of nitrogens with one attached hydrogen (secondary N) is 2. The average Bonchev–Trinajstić information content (AvgIpc) is 2.46. The number of hydrogen-bond acceptors (Lipinski definition) is 2. The van der Waals surface area contributed by atoms with E-state index in [0.717, 1.165) is 30.5 Å². The van der Waals surface area contributed by atoms with Crippen LogP contribution in [0.5, 0.6) is 0 Å². The molecule has 0 spiro atoms. The molecule has 22 heavy (non-hydrogen) atoms. The van der Waals surface area contributed by atoms with Gasteiger partial charge in [-0.2, -0.15) is 13.2 Å². The largest absolute Gasteiger partial charge is 0.419 e. The van der Waals surface area contributed by atoms with Gasteiger partial charge in [-0.1, -0.05) is 0 Å². The van der Waals surface area contributed by atoms with Crippen LogP contribution in [-0.2, 0) is 6.18 Å². The number of alkyl halides is 3. The van der Waals surface area contributed by atoms with Gasteiger partial charge in [0.25, 0.3) is 5.82 Å². The van der Waals surface area contributed by atoms with Crippen molar-refractivity contribution in [2.24, 2.45) is 0 Å². The summed E-state index contributed by atoms with van der Waals surface area (Å²) >= 11 is 5.33. The van der Waals surface area contributed by atoms with E-state index in [1.165, 1.54) is 6.07 Å². The van der Waals surface area contributed by atoms with Crippen molar-refractivity contribution in [1.82, 2.24) is 10.2 Å². The second-order valence-corrected chi connectivity index (χ2v) is 5.93. The van der Waals surface area contributed by atoms with Gasteiger partial charge >= 0.3 is 6.18 Å². The van der Waals surface area contributed by atoms with E-state index in [2.05, 4.69) is 15.2 Å². The number of thiocarbonyl (C=S) groups is 1. The number of piperazine rings is 1. The molecule has 2 rings (SSSR count). The fraction of sp³-hybridized carbons (Fsp3) is 0.571. The molecule has 122 valence electrons. The van der Waals surface area contributed by atoms with E-state index in [-0.39, 0.29) is 6.04 Å². The standard InChI is InChI=1S/C14H19F3N4S/c1-10(2)19-13(22)21-7-5-20(6-8-21)12-4-3-11(9-18-12)14(15,16)17/h3-4,9-10H,5-8H2,1-2H3,(H,19,22)/p+1. The van der Waals surface area contributed by atoms with E-state index >= 15 is 0 Å². The monoisotopic (exact) mass is 333 g/mol. The summed E-state index contributed by atoms with van der Waals surface area (Å²) in [7, 11) is 0. The molecule has 1 saturated heterocycles. The molecule has 4 nitrogen and oxygen atoms in total. The van der Waals surface area contributed by atoms with E-state index in [1.54, 1.807) is 0 Å². The number of halogens is 3. The first-order valence-corrected chi connectivity index (χ1v) is 7.57. The average molecular weight is 333 g/mol. The second-order valence-electron chi connectivity index (χ2n) is 5.54. The highest BCUT2D eigenvalue weighted by Gasteiger charge is 2.32. The summed E-state index contributed by atoms with van der Waals surface area (Å²) in [5.41, 5.74) is -0.669. The van der Waals surface area contributed by atoms with Crippen LogP contribution < -0.4 is 15.2 Å². The molecule has 1 aliphatic rings. The van der Waals surface area contributed by atoms with Gasteiger partial charge in [-0.25, -0.2) is 4.98 Å². The molecule has 0 unspecified atom stereocenters. The van der Waals surface area contributed by atoms with Crippen LogP contribution in [0.25, 0.3) is 0 Å². The van der Waals surface area contributed by atoms with Crippen molar-refractivity contribution in [1.29, 1.82) is 0 Å². The van der Waals surface area contributed by atoms with Crippen LogP contribution in [0.4, 0.5) is 19.0 Å². The van der Waals surface area contributed by atoms with Crippen molar-refractivity contribution < 1.29 is 18.2 Å². The van der Waals surface area contributed by atoms with Crippen LogP contribution in [-0.4, -0.2) is 42.2 Å². The van der Waals surface area contributed by atoms with Gasteiger partial charge in [0.1, 0.15) is 19.3 Å². The summed E-state index contributed by atoms with van der Waals surface area (Å²) in [5.74, 6) is 0.690. The van der Waals surface area contributed by atoms with Crippen molar-refractivity contribution in [3.05, 3.63) is 23.9 Å². The van der Waals surface area contributed by atoms with Crippen LogP contribution in [0.2, 0.25) is 0 Å². The quantitative estimate of drug-likeness (QED) is 0.839. The summed E-state index contributed by atoms with van der Waals surface area (Å²) in [4.78, 5) is 6.83. The molecule has 0 aromatic carbocycles. The zero-order valence-electron chi connectivity index (χ0n) is 12.6. The Morgan fingerprint density at radius 2 is 1.86 bits per heavy atom. The predicted molar refractivity (Wildman–Crippen MR) is 82.7 cm³/mol. The molecule has 1 aliphatic heterocycles. The molecule has 0 aliphatic carbocycles. The molecule has 2 heterocycles. The van der Waals surface area contributed by atoms with Gasteiger partial charge in [-0.3, -0.25) is 4.90 Å². The Balaban J connectivity index is 1.93. The van der Waals surface area contributed by atoms with Gasteiger partial charge < -0.3 is 10.2 Å². The Morgan fingerprint density at radius 3 is 2.32 bits per heavy atom. The van der Waals surface area contributed by atoms with Crippen molar-refractivity contribution >= 4 is 23.1 Å². The lowest BCUT2D eigenvalue weighted by Crippen LogP contribution is -2.53. The molecule has 2 N–H and O–H groups in total. The Bertz CT molecular complexity index is 508. The Labute approximate surface area is 133 Å². The van der Waals surface area contributed by atoms with Crippen molar-refractivity contribution in [3.63, 3.8) is 0 Å². The summed E-state index contributed by atoms with van der Waals surface area (Å²) in [6.45, 7) is 6.96. The molecule has 0 radical (unpaired) electrons. The van der Waals surface area contributed by atoms with Crippen LogP contribution >= 0.6 is 12.2 Å². The van der Waals surface area contributed by atoms with Gasteiger partial charge in [0.2, 0.25) is 0 Å². The predicted octanol–water partition coefficient (Wildman–Crippen LogP) is 1.92. The van der Waals surface area contributed by atoms with Crippen molar-refractivity contribution in [2.45, 2.75) is 26.1 Å². The van der Waals surface area contributed by atoms with Gasteiger partial charge in [-0.15, -0.1) is 0 Å². The number of rotatable bonds is 2. The minimum atomic E-state index is -4.32. The number of anilines is 1. The third-order valence-corrected chi connectivity index (χ3v) is 3.82. The number of H-pyrrole nitrogens is 1. The van der Waals surface area contributed by atoms with Crippen LogP contribution in [0.15, 0.2) is 18.3 Å². The first kappa shape index (κ1) is 16.8. The number of hydrogen-bond donors (Lipinski definition) is 1. The van der Waals surface area contributed by atoms with Gasteiger partial charge in [0, 0.05) is 12.1 Å². The minimum Gasteiger partial charge on any atom is -0.360 e. The lowest BCUT2D eigenvalue weighted by atomic mass is 10.2. The SMILES string of the molecule is CC(C)NC(=S)N1CCN(c2ccc(C(F)(F)F)c[nH+]2)CC1. The topological polar surface area (TPSA) is 32.6 Å². The zero-order valence-corrected chi connectivity index (χ0v) is 13.4. The molecular weight excluding hydrogens is 313 g/mol. The van der Waals surface area contributed by atoms with E-state index in [9.17, 15) is 13.2 Å².